The molecular formula is C20H21N3O5. The molecule has 0 spiro atoms. The highest BCUT2D eigenvalue weighted by molar-refractivity contribution is 5.95. The Morgan fingerprint density at radius 3 is 2.64 bits per heavy atom. The molecule has 2 N–H and O–H groups in total. The minimum Gasteiger partial charge on any atom is -0.477 e. The van der Waals surface area contributed by atoms with Gasteiger partial charge in [0.15, 0.2) is 5.82 Å². The average molecular weight is 383 g/mol. The molecule has 1 aliphatic heterocycles. The van der Waals surface area contributed by atoms with Gasteiger partial charge in [0.1, 0.15) is 11.2 Å². The fourth-order valence-electron chi connectivity index (χ4n) is 4.65. The zero-order chi connectivity index (χ0) is 19.3. The van der Waals surface area contributed by atoms with E-state index in [9.17, 15) is 14.7 Å². The second-order valence-electron chi connectivity index (χ2n) is 7.70. The van der Waals surface area contributed by atoms with Crippen molar-refractivity contribution in [3.63, 3.8) is 0 Å². The summed E-state index contributed by atoms with van der Waals surface area (Å²) in [4.78, 5) is 26.2. The third-order valence-electron chi connectivity index (χ3n) is 6.23. The monoisotopic (exact) mass is 383 g/mol. The highest BCUT2D eigenvalue weighted by atomic mass is 16.5. The lowest BCUT2D eigenvalue weighted by Crippen LogP contribution is -2.44. The molecule has 0 amide bonds. The molecule has 1 saturated heterocycles. The zero-order valence-electron chi connectivity index (χ0n) is 15.3. The van der Waals surface area contributed by atoms with Crippen molar-refractivity contribution in [1.29, 1.82) is 0 Å². The quantitative estimate of drug-likeness (QED) is 0.717. The Hall–Kier alpha value is -2.87. The van der Waals surface area contributed by atoms with Gasteiger partial charge in [-0.15, -0.1) is 0 Å². The summed E-state index contributed by atoms with van der Waals surface area (Å²) in [7, 11) is 0. The molecule has 146 valence electrons. The van der Waals surface area contributed by atoms with Crippen LogP contribution in [0.4, 0.5) is 0 Å². The van der Waals surface area contributed by atoms with Gasteiger partial charge < -0.3 is 14.4 Å². The van der Waals surface area contributed by atoms with Gasteiger partial charge in [0.05, 0.1) is 0 Å². The van der Waals surface area contributed by atoms with E-state index in [1.807, 2.05) is 10.6 Å². The number of aromatic nitrogens is 3. The van der Waals surface area contributed by atoms with Crippen LogP contribution < -0.4 is 5.76 Å². The Kier molecular flexibility index (Phi) is 3.90. The average Bonchev–Trinajstić information content (AvgIpc) is 3.26. The predicted octanol–water partition coefficient (Wildman–Crippen LogP) is 2.84. The third-order valence-corrected chi connectivity index (χ3v) is 6.23. The molecule has 28 heavy (non-hydrogen) atoms. The molecule has 1 aliphatic carbocycles. The van der Waals surface area contributed by atoms with Gasteiger partial charge in [0.25, 0.3) is 0 Å². The summed E-state index contributed by atoms with van der Waals surface area (Å²) in [5, 5.41) is 14.6. The fourth-order valence-corrected chi connectivity index (χ4v) is 4.65. The molecule has 2 fully saturated rings. The third kappa shape index (κ3) is 2.51. The number of hydrogen-bond donors (Lipinski definition) is 2. The van der Waals surface area contributed by atoms with Gasteiger partial charge in [0, 0.05) is 24.1 Å². The van der Waals surface area contributed by atoms with Gasteiger partial charge >= 0.3 is 11.7 Å². The number of H-pyrrole nitrogens is 1. The van der Waals surface area contributed by atoms with Crippen molar-refractivity contribution in [3.8, 4) is 0 Å². The second-order valence-corrected chi connectivity index (χ2v) is 7.70. The van der Waals surface area contributed by atoms with E-state index in [2.05, 4.69) is 22.3 Å². The van der Waals surface area contributed by atoms with Gasteiger partial charge in [-0.25, -0.2) is 9.59 Å². The van der Waals surface area contributed by atoms with Crippen LogP contribution in [0.15, 0.2) is 33.6 Å². The minimum absolute atomic E-state index is 0.197. The van der Waals surface area contributed by atoms with Gasteiger partial charge in [-0.05, 0) is 61.8 Å². The molecule has 3 aromatic rings. The number of carboxylic acids is 1. The fraction of sp³-hybridized carbons (Fsp3) is 0.450. The minimum atomic E-state index is -0.999. The molecule has 2 aromatic heterocycles. The number of benzene rings is 1. The molecule has 0 bridgehead atoms. The van der Waals surface area contributed by atoms with Crippen LogP contribution in [0, 0.1) is 0 Å². The summed E-state index contributed by atoms with van der Waals surface area (Å²) < 4.78 is 12.0. The van der Waals surface area contributed by atoms with Crippen molar-refractivity contribution in [2.75, 3.05) is 13.2 Å². The Bertz CT molecular complexity index is 1100. The number of nitrogens with zero attached hydrogens (tertiary/aromatic N) is 2. The van der Waals surface area contributed by atoms with Crippen LogP contribution in [0.1, 0.15) is 59.9 Å². The van der Waals surface area contributed by atoms with Crippen LogP contribution in [0.3, 0.4) is 0 Å². The second kappa shape index (κ2) is 6.34. The summed E-state index contributed by atoms with van der Waals surface area (Å²) in [5.41, 5.74) is 1.55. The molecule has 5 rings (SSSR count). The van der Waals surface area contributed by atoms with Crippen molar-refractivity contribution in [1.82, 2.24) is 14.7 Å². The molecule has 1 saturated carbocycles. The lowest BCUT2D eigenvalue weighted by molar-refractivity contribution is 0.0666. The molecule has 2 aliphatic rings. The first kappa shape index (κ1) is 17.2. The highest BCUT2D eigenvalue weighted by Gasteiger charge is 2.46. The number of carbonyl (C=O) groups is 1. The van der Waals surface area contributed by atoms with Gasteiger partial charge in [-0.2, -0.15) is 0 Å². The Balaban J connectivity index is 1.68. The van der Waals surface area contributed by atoms with E-state index < -0.39 is 17.3 Å². The molecule has 8 nitrogen and oxygen atoms in total. The zero-order valence-corrected chi connectivity index (χ0v) is 15.3. The topological polar surface area (TPSA) is 110 Å². The predicted molar refractivity (Wildman–Crippen MR) is 99.7 cm³/mol. The highest BCUT2D eigenvalue weighted by Crippen LogP contribution is 2.46. The lowest BCUT2D eigenvalue weighted by Gasteiger charge is -2.42. The number of aromatic amines is 1. The maximum absolute atomic E-state index is 12.0. The van der Waals surface area contributed by atoms with E-state index in [-0.39, 0.29) is 5.69 Å². The number of carboxylic acid groups (broad SMARTS) is 1. The van der Waals surface area contributed by atoms with Crippen LogP contribution in [0.25, 0.3) is 10.9 Å². The van der Waals surface area contributed by atoms with Crippen molar-refractivity contribution in [2.24, 2.45) is 0 Å². The van der Waals surface area contributed by atoms with Crippen LogP contribution in [-0.4, -0.2) is 39.0 Å². The molecular weight excluding hydrogens is 362 g/mol. The summed E-state index contributed by atoms with van der Waals surface area (Å²) in [5.74, 6) is -0.811. The van der Waals surface area contributed by atoms with Gasteiger partial charge in [-0.1, -0.05) is 11.2 Å². The number of hydrogen-bond acceptors (Lipinski definition) is 5. The van der Waals surface area contributed by atoms with Gasteiger partial charge in [-0.3, -0.25) is 9.51 Å². The van der Waals surface area contributed by atoms with Crippen LogP contribution in [0.2, 0.25) is 0 Å². The van der Waals surface area contributed by atoms with Crippen LogP contribution in [0.5, 0.6) is 0 Å². The SMILES string of the molecule is O=C(O)c1cc2cc(C3CCOCC3)ccc2n1C1(c2noc(=O)[nH]2)CCC1. The number of nitrogens with one attached hydrogen (secondary N) is 1. The van der Waals surface area contributed by atoms with Crippen molar-refractivity contribution >= 4 is 16.9 Å². The summed E-state index contributed by atoms with van der Waals surface area (Å²) in [6, 6.07) is 7.88. The normalized spacial score (nSPS) is 19.6. The van der Waals surface area contributed by atoms with Crippen LogP contribution >= 0.6 is 0 Å². The first-order valence-electron chi connectivity index (χ1n) is 9.62. The Labute approximate surface area is 160 Å². The molecule has 1 aromatic carbocycles. The number of fused-ring (bicyclic) bond motifs is 1. The summed E-state index contributed by atoms with van der Waals surface area (Å²) in [6.07, 6.45) is 4.26. The molecule has 0 unspecified atom stereocenters. The lowest BCUT2D eigenvalue weighted by atomic mass is 9.75. The maximum atomic E-state index is 12.0. The van der Waals surface area contributed by atoms with Crippen molar-refractivity contribution in [3.05, 3.63) is 51.9 Å². The first-order chi connectivity index (χ1) is 13.6. The van der Waals surface area contributed by atoms with E-state index in [0.29, 0.717) is 24.6 Å². The summed E-state index contributed by atoms with van der Waals surface area (Å²) >= 11 is 0. The van der Waals surface area contributed by atoms with E-state index in [1.165, 1.54) is 5.56 Å². The number of ether oxygens (including phenoxy) is 1. The van der Waals surface area contributed by atoms with Crippen molar-refractivity contribution < 1.29 is 19.2 Å². The largest absolute Gasteiger partial charge is 0.477 e. The number of aromatic carboxylic acids is 1. The molecule has 3 heterocycles. The molecule has 0 radical (unpaired) electrons. The van der Waals surface area contributed by atoms with E-state index >= 15 is 0 Å². The standard InChI is InChI=1S/C20H21N3O5/c24-17(25)16-11-14-10-13(12-4-8-27-9-5-12)2-3-15(14)23(16)20(6-1-7-20)18-21-19(26)28-22-18/h2-3,10-12H,1,4-9H2,(H,24,25)(H,21,22,26). The molecule has 0 atom stereocenters. The molecule has 8 heteroatoms. The van der Waals surface area contributed by atoms with E-state index in [1.54, 1.807) is 6.07 Å². The Morgan fingerprint density at radius 1 is 1.25 bits per heavy atom. The smallest absolute Gasteiger partial charge is 0.438 e. The van der Waals surface area contributed by atoms with Gasteiger partial charge in [0.2, 0.25) is 0 Å². The van der Waals surface area contributed by atoms with E-state index in [4.69, 9.17) is 9.26 Å². The number of rotatable bonds is 4. The van der Waals surface area contributed by atoms with E-state index in [0.717, 1.165) is 43.4 Å². The van der Waals surface area contributed by atoms with Crippen molar-refractivity contribution in [2.45, 2.75) is 43.6 Å². The summed E-state index contributed by atoms with van der Waals surface area (Å²) in [6.45, 7) is 1.51. The van der Waals surface area contributed by atoms with Crippen LogP contribution in [-0.2, 0) is 10.3 Å². The first-order valence-corrected chi connectivity index (χ1v) is 9.62. The maximum Gasteiger partial charge on any atom is 0.438 e. The Morgan fingerprint density at radius 2 is 2.04 bits per heavy atom.